The summed E-state index contributed by atoms with van der Waals surface area (Å²) in [7, 11) is -3.29. The van der Waals surface area contributed by atoms with Gasteiger partial charge in [-0.3, -0.25) is 0 Å². The van der Waals surface area contributed by atoms with E-state index in [2.05, 4.69) is 4.72 Å². The number of alkyl halides is 1. The molecule has 0 radical (unpaired) electrons. The smallest absolute Gasteiger partial charge is 0.212 e. The lowest BCUT2D eigenvalue weighted by Gasteiger charge is -2.16. The fourth-order valence-electron chi connectivity index (χ4n) is 1.80. The Labute approximate surface area is 108 Å². The van der Waals surface area contributed by atoms with Crippen LogP contribution in [0.2, 0.25) is 0 Å². The second kappa shape index (κ2) is 5.85. The summed E-state index contributed by atoms with van der Waals surface area (Å²) in [4.78, 5) is 0. The molecule has 0 heterocycles. The number of benzene rings is 1. The molecule has 1 aromatic rings. The highest BCUT2D eigenvalue weighted by Gasteiger charge is 2.16. The molecule has 0 aliphatic rings. The van der Waals surface area contributed by atoms with Crippen LogP contribution in [0.5, 0.6) is 0 Å². The monoisotopic (exact) mass is 275 g/mol. The lowest BCUT2D eigenvalue weighted by Crippen LogP contribution is -2.30. The van der Waals surface area contributed by atoms with Gasteiger partial charge in [0.05, 0.1) is 5.75 Å². The lowest BCUT2D eigenvalue weighted by atomic mass is 10.0. The maximum Gasteiger partial charge on any atom is 0.213 e. The lowest BCUT2D eigenvalue weighted by molar-refractivity contribution is 0.568. The van der Waals surface area contributed by atoms with Crippen LogP contribution in [-0.2, 0) is 10.0 Å². The third kappa shape index (κ3) is 4.30. The highest BCUT2D eigenvalue weighted by molar-refractivity contribution is 7.89. The van der Waals surface area contributed by atoms with Crippen LogP contribution in [0, 0.1) is 13.8 Å². The summed E-state index contributed by atoms with van der Waals surface area (Å²) in [5, 5.41) is 0. The summed E-state index contributed by atoms with van der Waals surface area (Å²) in [5.41, 5.74) is 3.25. The van der Waals surface area contributed by atoms with Gasteiger partial charge >= 0.3 is 0 Å². The Morgan fingerprint density at radius 1 is 1.35 bits per heavy atom. The third-order valence-electron chi connectivity index (χ3n) is 2.59. The van der Waals surface area contributed by atoms with Gasteiger partial charge in [0, 0.05) is 11.9 Å². The molecule has 3 nitrogen and oxygen atoms in total. The molecule has 1 unspecified atom stereocenters. The van der Waals surface area contributed by atoms with Crippen LogP contribution in [0.3, 0.4) is 0 Å². The first kappa shape index (κ1) is 14.5. The van der Waals surface area contributed by atoms with Gasteiger partial charge in [-0.1, -0.05) is 23.8 Å². The van der Waals surface area contributed by atoms with Crippen LogP contribution in [-0.4, -0.2) is 20.1 Å². The number of hydrogen-bond acceptors (Lipinski definition) is 2. The van der Waals surface area contributed by atoms with Gasteiger partial charge in [0.15, 0.2) is 0 Å². The zero-order valence-electron chi connectivity index (χ0n) is 10.3. The number of aryl methyl sites for hydroxylation is 2. The van der Waals surface area contributed by atoms with Crippen molar-refractivity contribution in [1.82, 2.24) is 4.72 Å². The van der Waals surface area contributed by atoms with Crippen molar-refractivity contribution >= 4 is 21.6 Å². The molecule has 1 rings (SSSR count). The quantitative estimate of drug-likeness (QED) is 0.840. The van der Waals surface area contributed by atoms with E-state index in [1.54, 1.807) is 0 Å². The van der Waals surface area contributed by atoms with E-state index >= 15 is 0 Å². The normalized spacial score (nSPS) is 13.6. The fraction of sp³-hybridized carbons (Fsp3) is 0.500. The molecule has 0 saturated carbocycles. The summed E-state index contributed by atoms with van der Waals surface area (Å²) in [6, 6.07) is 5.75. The van der Waals surface area contributed by atoms with Gasteiger partial charge in [-0.25, -0.2) is 13.1 Å². The Morgan fingerprint density at radius 3 is 2.53 bits per heavy atom. The van der Waals surface area contributed by atoms with E-state index in [1.165, 1.54) is 5.56 Å². The van der Waals surface area contributed by atoms with Crippen LogP contribution in [0.4, 0.5) is 0 Å². The molecule has 96 valence electrons. The molecule has 0 fully saturated rings. The van der Waals surface area contributed by atoms with Crippen LogP contribution in [0.15, 0.2) is 18.2 Å². The van der Waals surface area contributed by atoms with Crippen molar-refractivity contribution in [2.24, 2.45) is 0 Å². The Kier molecular flexibility index (Phi) is 4.98. The van der Waals surface area contributed by atoms with Crippen molar-refractivity contribution in [2.45, 2.75) is 26.8 Å². The van der Waals surface area contributed by atoms with Crippen LogP contribution >= 0.6 is 11.6 Å². The van der Waals surface area contributed by atoms with Crippen LogP contribution in [0.1, 0.15) is 29.7 Å². The standard InChI is InChI=1S/C12H18ClNO2S/c1-9-4-5-12(10(2)8-9)11(3)14-17(15,16)7-6-13/h4-5,8,11,14H,6-7H2,1-3H3. The van der Waals surface area contributed by atoms with Crippen molar-refractivity contribution in [2.75, 3.05) is 11.6 Å². The second-order valence-electron chi connectivity index (χ2n) is 4.21. The highest BCUT2D eigenvalue weighted by Crippen LogP contribution is 2.19. The molecule has 0 spiro atoms. The number of nitrogens with one attached hydrogen (secondary N) is 1. The van der Waals surface area contributed by atoms with E-state index in [4.69, 9.17) is 11.6 Å². The largest absolute Gasteiger partial charge is 0.213 e. The predicted molar refractivity (Wildman–Crippen MR) is 72.0 cm³/mol. The van der Waals surface area contributed by atoms with Crippen molar-refractivity contribution in [3.8, 4) is 0 Å². The first-order valence-corrected chi connectivity index (χ1v) is 7.67. The van der Waals surface area contributed by atoms with E-state index in [1.807, 2.05) is 39.0 Å². The SMILES string of the molecule is Cc1ccc(C(C)NS(=O)(=O)CCCl)c(C)c1. The van der Waals surface area contributed by atoms with Crippen molar-refractivity contribution in [1.29, 1.82) is 0 Å². The molecule has 1 atom stereocenters. The van der Waals surface area contributed by atoms with E-state index < -0.39 is 10.0 Å². The minimum Gasteiger partial charge on any atom is -0.212 e. The van der Waals surface area contributed by atoms with Gasteiger partial charge in [0.25, 0.3) is 0 Å². The van der Waals surface area contributed by atoms with Gasteiger partial charge in [-0.05, 0) is 31.9 Å². The number of rotatable bonds is 5. The maximum absolute atomic E-state index is 11.6. The number of sulfonamides is 1. The minimum atomic E-state index is -3.29. The van der Waals surface area contributed by atoms with Gasteiger partial charge < -0.3 is 0 Å². The molecule has 0 amide bonds. The Hall–Kier alpha value is -0.580. The third-order valence-corrected chi connectivity index (χ3v) is 4.46. The van der Waals surface area contributed by atoms with E-state index in [0.717, 1.165) is 11.1 Å². The maximum atomic E-state index is 11.6. The van der Waals surface area contributed by atoms with Gasteiger partial charge in [-0.2, -0.15) is 0 Å². The minimum absolute atomic E-state index is 0.0518. The molecule has 1 aromatic carbocycles. The predicted octanol–water partition coefficient (Wildman–Crippen LogP) is 2.52. The summed E-state index contributed by atoms with van der Waals surface area (Å²) >= 11 is 5.45. The zero-order chi connectivity index (χ0) is 13.1. The van der Waals surface area contributed by atoms with Gasteiger partial charge in [0.1, 0.15) is 0 Å². The van der Waals surface area contributed by atoms with Crippen LogP contribution in [0.25, 0.3) is 0 Å². The molecule has 0 aromatic heterocycles. The van der Waals surface area contributed by atoms with Crippen molar-refractivity contribution < 1.29 is 8.42 Å². The molecule has 5 heteroatoms. The zero-order valence-corrected chi connectivity index (χ0v) is 11.9. The fourth-order valence-corrected chi connectivity index (χ4v) is 3.40. The molecular weight excluding hydrogens is 258 g/mol. The average molecular weight is 276 g/mol. The summed E-state index contributed by atoms with van der Waals surface area (Å²) in [6.45, 7) is 5.83. The molecule has 0 aliphatic heterocycles. The summed E-state index contributed by atoms with van der Waals surface area (Å²) in [6.07, 6.45) is 0. The van der Waals surface area contributed by atoms with E-state index in [0.29, 0.717) is 0 Å². The highest BCUT2D eigenvalue weighted by atomic mass is 35.5. The Balaban J connectivity index is 2.87. The first-order chi connectivity index (χ1) is 7.85. The molecule has 17 heavy (non-hydrogen) atoms. The molecular formula is C12H18ClNO2S. The first-order valence-electron chi connectivity index (χ1n) is 5.49. The topological polar surface area (TPSA) is 46.2 Å². The molecule has 0 saturated heterocycles. The van der Waals surface area contributed by atoms with Crippen molar-refractivity contribution in [3.05, 3.63) is 34.9 Å². The molecule has 0 bridgehead atoms. The number of halogens is 1. The molecule has 1 N–H and O–H groups in total. The Bertz CT molecular complexity index is 485. The summed E-state index contributed by atoms with van der Waals surface area (Å²) < 4.78 is 25.8. The van der Waals surface area contributed by atoms with Gasteiger partial charge in [0.2, 0.25) is 10.0 Å². The molecule has 0 aliphatic carbocycles. The Morgan fingerprint density at radius 2 is 2.00 bits per heavy atom. The summed E-state index contributed by atoms with van der Waals surface area (Å²) in [5.74, 6) is 0.0543. The second-order valence-corrected chi connectivity index (χ2v) is 6.46. The van der Waals surface area contributed by atoms with E-state index in [-0.39, 0.29) is 17.7 Å². The van der Waals surface area contributed by atoms with Crippen LogP contribution < -0.4 is 4.72 Å². The number of hydrogen-bond donors (Lipinski definition) is 1. The van der Waals surface area contributed by atoms with Gasteiger partial charge in [-0.15, -0.1) is 11.6 Å². The van der Waals surface area contributed by atoms with Crippen molar-refractivity contribution in [3.63, 3.8) is 0 Å². The van der Waals surface area contributed by atoms with E-state index in [9.17, 15) is 8.42 Å². The average Bonchev–Trinajstić information content (AvgIpc) is 2.15.